The van der Waals surface area contributed by atoms with Gasteiger partial charge in [-0.1, -0.05) is 254 Å². The van der Waals surface area contributed by atoms with Gasteiger partial charge in [-0.05, 0) is 140 Å². The van der Waals surface area contributed by atoms with Crippen LogP contribution in [0.25, 0.3) is 11.1 Å². The quantitative estimate of drug-likeness (QED) is 0.130. The minimum absolute atomic E-state index is 0.0306. The molecule has 8 aromatic rings. The highest BCUT2D eigenvalue weighted by Gasteiger charge is 2.52. The number of anilines is 3. The molecular formula is C69H73B2N. The van der Waals surface area contributed by atoms with Crippen molar-refractivity contribution in [3.05, 3.63) is 218 Å². The summed E-state index contributed by atoms with van der Waals surface area (Å²) in [5.74, 6) is 2.28. The highest BCUT2D eigenvalue weighted by Crippen LogP contribution is 2.63. The summed E-state index contributed by atoms with van der Waals surface area (Å²) in [5.41, 5.74) is 31.4. The van der Waals surface area contributed by atoms with Crippen molar-refractivity contribution in [2.45, 2.75) is 138 Å². The Labute approximate surface area is 433 Å². The average molecular weight is 938 g/mol. The molecule has 72 heavy (non-hydrogen) atoms. The Hall–Kier alpha value is -6.31. The molecule has 360 valence electrons. The molecule has 1 aliphatic carbocycles. The molecule has 2 aliphatic heterocycles. The Morgan fingerprint density at radius 2 is 0.722 bits per heavy atom. The summed E-state index contributed by atoms with van der Waals surface area (Å²) in [7, 11) is 0. The molecule has 0 aromatic heterocycles. The molecule has 0 radical (unpaired) electrons. The maximum absolute atomic E-state index is 2.65. The largest absolute Gasteiger partial charge is 0.310 e. The van der Waals surface area contributed by atoms with Gasteiger partial charge in [-0.2, -0.15) is 0 Å². The maximum Gasteiger partial charge on any atom is 0.240 e. The van der Waals surface area contributed by atoms with E-state index in [-0.39, 0.29) is 13.4 Å². The van der Waals surface area contributed by atoms with Gasteiger partial charge in [-0.3, -0.25) is 0 Å². The highest BCUT2D eigenvalue weighted by atomic mass is 15.2. The second kappa shape index (κ2) is 18.0. The Balaban J connectivity index is 1.26. The number of hydrogen-bond donors (Lipinski definition) is 0. The lowest BCUT2D eigenvalue weighted by Gasteiger charge is -2.46. The molecule has 0 saturated heterocycles. The van der Waals surface area contributed by atoms with Gasteiger partial charge in [0.15, 0.2) is 0 Å². The number of hydrogen-bond acceptors (Lipinski definition) is 1. The second-order valence-corrected chi connectivity index (χ2v) is 23.7. The van der Waals surface area contributed by atoms with E-state index in [9.17, 15) is 0 Å². The summed E-state index contributed by atoms with van der Waals surface area (Å²) in [6.07, 6.45) is 0. The molecule has 0 unspecified atom stereocenters. The van der Waals surface area contributed by atoms with Gasteiger partial charge < -0.3 is 4.90 Å². The molecule has 1 spiro atoms. The number of benzene rings is 8. The van der Waals surface area contributed by atoms with Crippen molar-refractivity contribution in [2.75, 3.05) is 4.90 Å². The molecule has 0 atom stereocenters. The van der Waals surface area contributed by atoms with Gasteiger partial charge in [0, 0.05) is 5.69 Å². The summed E-state index contributed by atoms with van der Waals surface area (Å²) in [6, 6.07) is 60.5. The van der Waals surface area contributed by atoms with E-state index in [2.05, 4.69) is 253 Å². The van der Waals surface area contributed by atoms with E-state index in [1.165, 1.54) is 128 Å². The molecule has 0 amide bonds. The van der Waals surface area contributed by atoms with Crippen LogP contribution in [0.1, 0.15) is 185 Å². The predicted octanol–water partition coefficient (Wildman–Crippen LogP) is 14.5. The van der Waals surface area contributed by atoms with Gasteiger partial charge in [0.1, 0.15) is 0 Å². The van der Waals surface area contributed by atoms with Crippen molar-refractivity contribution in [1.29, 1.82) is 0 Å². The fraction of sp³-hybridized carbons (Fsp3) is 0.304. The minimum atomic E-state index is -0.480. The SMILES string of the molecule is Cc1ccc2c(c1)C1(c3ccccc3-c3ccccc31)c1cc(C)ccc1N2c1ccc2c(c1)B(c1c(C(C)C)cc(C(C)C)cc1C(C)C)c1ccccc1B2c1c(C(C)C)cc(C(C)C)cc1C(C)C. The van der Waals surface area contributed by atoms with E-state index in [0.29, 0.717) is 35.5 Å². The van der Waals surface area contributed by atoms with Crippen molar-refractivity contribution >= 4 is 63.3 Å². The van der Waals surface area contributed by atoms with E-state index >= 15 is 0 Å². The third-order valence-corrected chi connectivity index (χ3v) is 17.0. The smallest absolute Gasteiger partial charge is 0.240 e. The molecule has 8 aromatic carbocycles. The first-order chi connectivity index (χ1) is 34.5. The first-order valence-electron chi connectivity index (χ1n) is 27.3. The lowest BCUT2D eigenvalue weighted by atomic mass is 9.20. The average Bonchev–Trinajstić information content (AvgIpc) is 3.65. The van der Waals surface area contributed by atoms with Gasteiger partial charge in [0.25, 0.3) is 0 Å². The van der Waals surface area contributed by atoms with Crippen LogP contribution >= 0.6 is 0 Å². The Kier molecular flexibility index (Phi) is 12.0. The van der Waals surface area contributed by atoms with Crippen molar-refractivity contribution in [3.63, 3.8) is 0 Å². The van der Waals surface area contributed by atoms with Crippen LogP contribution in [0.2, 0.25) is 0 Å². The molecular weight excluding hydrogens is 864 g/mol. The number of aryl methyl sites for hydroxylation is 2. The van der Waals surface area contributed by atoms with Gasteiger partial charge in [-0.15, -0.1) is 0 Å². The van der Waals surface area contributed by atoms with Crippen LogP contribution in [0, 0.1) is 13.8 Å². The summed E-state index contributed by atoms with van der Waals surface area (Å²) in [6.45, 7) is 33.4. The van der Waals surface area contributed by atoms with Gasteiger partial charge in [0.05, 0.1) is 16.8 Å². The lowest BCUT2D eigenvalue weighted by molar-refractivity contribution is 0.750. The number of fused-ring (bicyclic) bond motifs is 11. The van der Waals surface area contributed by atoms with E-state index in [1.807, 2.05) is 0 Å². The summed E-state index contributed by atoms with van der Waals surface area (Å²) in [5, 5.41) is 0. The van der Waals surface area contributed by atoms with Crippen molar-refractivity contribution in [2.24, 2.45) is 0 Å². The summed E-state index contributed by atoms with van der Waals surface area (Å²) in [4.78, 5) is 2.64. The van der Waals surface area contributed by atoms with Crippen LogP contribution in [0.3, 0.4) is 0 Å². The van der Waals surface area contributed by atoms with Crippen LogP contribution in [0.15, 0.2) is 152 Å². The normalized spacial score (nSPS) is 14.2. The van der Waals surface area contributed by atoms with E-state index in [0.717, 1.165) is 0 Å². The zero-order valence-corrected chi connectivity index (χ0v) is 45.5. The predicted molar refractivity (Wildman–Crippen MR) is 315 cm³/mol. The standard InChI is InChI=1S/C69H73B2N/c1-40(2)48-35-53(42(5)6)67(54(36-48)43(7)8)70-61-25-19-20-26-62(61)71(68-55(44(9)10)37-49(41(3)4)38-56(68)45(11)12)64-39-50(29-30-63(64)70)72-65-31-27-46(13)33-59(65)69(60-34-47(14)28-32-66(60)72)57-23-17-15-21-51(57)52-22-16-18-24-58(52)69/h15-45H,1-14H3. The molecule has 0 bridgehead atoms. The fourth-order valence-electron chi connectivity index (χ4n) is 13.6. The van der Waals surface area contributed by atoms with Crippen molar-refractivity contribution < 1.29 is 0 Å². The van der Waals surface area contributed by atoms with Crippen LogP contribution in [-0.2, 0) is 5.41 Å². The van der Waals surface area contributed by atoms with Crippen LogP contribution in [0.4, 0.5) is 17.1 Å². The molecule has 0 N–H and O–H groups in total. The zero-order chi connectivity index (χ0) is 50.7. The molecule has 0 saturated carbocycles. The topological polar surface area (TPSA) is 3.24 Å². The number of rotatable bonds is 9. The van der Waals surface area contributed by atoms with E-state index in [1.54, 1.807) is 0 Å². The summed E-state index contributed by atoms with van der Waals surface area (Å²) < 4.78 is 0. The maximum atomic E-state index is 2.65. The summed E-state index contributed by atoms with van der Waals surface area (Å²) >= 11 is 0. The molecule has 3 heteroatoms. The van der Waals surface area contributed by atoms with Gasteiger partial charge >= 0.3 is 0 Å². The third-order valence-electron chi connectivity index (χ3n) is 17.0. The second-order valence-electron chi connectivity index (χ2n) is 23.7. The van der Waals surface area contributed by atoms with Crippen LogP contribution in [0.5, 0.6) is 0 Å². The number of nitrogens with zero attached hydrogens (tertiary/aromatic N) is 1. The highest BCUT2D eigenvalue weighted by molar-refractivity contribution is 7.11. The van der Waals surface area contributed by atoms with Crippen molar-refractivity contribution in [1.82, 2.24) is 0 Å². The Morgan fingerprint density at radius 3 is 1.12 bits per heavy atom. The third kappa shape index (κ3) is 7.26. The Bertz CT molecular complexity index is 3280. The van der Waals surface area contributed by atoms with Crippen molar-refractivity contribution in [3.8, 4) is 11.1 Å². The van der Waals surface area contributed by atoms with Crippen LogP contribution in [-0.4, -0.2) is 13.4 Å². The van der Waals surface area contributed by atoms with Gasteiger partial charge in [0.2, 0.25) is 13.4 Å². The zero-order valence-electron chi connectivity index (χ0n) is 45.5. The van der Waals surface area contributed by atoms with Crippen LogP contribution < -0.4 is 37.7 Å². The molecule has 2 heterocycles. The van der Waals surface area contributed by atoms with E-state index < -0.39 is 5.41 Å². The minimum Gasteiger partial charge on any atom is -0.310 e. The first-order valence-corrected chi connectivity index (χ1v) is 27.3. The van der Waals surface area contributed by atoms with Gasteiger partial charge in [-0.25, -0.2) is 0 Å². The lowest BCUT2D eigenvalue weighted by Crippen LogP contribution is -2.76. The first kappa shape index (κ1) is 48.0. The van der Waals surface area contributed by atoms with E-state index in [4.69, 9.17) is 0 Å². The molecule has 3 aliphatic rings. The molecule has 1 nitrogen and oxygen atoms in total. The fourth-order valence-corrected chi connectivity index (χ4v) is 13.6. The molecule has 0 fully saturated rings. The monoisotopic (exact) mass is 938 g/mol. The Morgan fingerprint density at radius 1 is 0.347 bits per heavy atom. The molecule has 11 rings (SSSR count).